The van der Waals surface area contributed by atoms with Gasteiger partial charge in [0.2, 0.25) is 0 Å². The van der Waals surface area contributed by atoms with Crippen LogP contribution in [0.25, 0.3) is 0 Å². The highest BCUT2D eigenvalue weighted by Gasteiger charge is 2.39. The molecule has 0 saturated heterocycles. The first-order valence-corrected chi connectivity index (χ1v) is 5.52. The van der Waals surface area contributed by atoms with Crippen LogP contribution in [-0.2, 0) is 4.79 Å². The maximum atomic E-state index is 10.2. The number of rotatable bonds is 4. The number of hydrogen-bond donors (Lipinski definition) is 0. The number of hydrogen-bond acceptors (Lipinski definition) is 1. The van der Waals surface area contributed by atoms with Gasteiger partial charge in [-0.15, -0.1) is 0 Å². The molecule has 0 amide bonds. The molecule has 0 radical (unpaired) electrons. The lowest BCUT2D eigenvalue weighted by Gasteiger charge is -2.31. The van der Waals surface area contributed by atoms with Crippen LogP contribution in [0.15, 0.2) is 0 Å². The minimum atomic E-state index is 0.503. The van der Waals surface area contributed by atoms with Gasteiger partial charge in [0.15, 0.2) is 0 Å². The Morgan fingerprint density at radius 2 is 2.08 bits per heavy atom. The first kappa shape index (κ1) is 10.7. The molecular formula is C12H22O. The van der Waals surface area contributed by atoms with Gasteiger partial charge in [0, 0.05) is 6.42 Å². The first-order valence-electron chi connectivity index (χ1n) is 5.52. The van der Waals surface area contributed by atoms with Gasteiger partial charge in [0.25, 0.3) is 0 Å². The van der Waals surface area contributed by atoms with E-state index < -0.39 is 0 Å². The second kappa shape index (κ2) is 4.26. The van der Waals surface area contributed by atoms with Gasteiger partial charge < -0.3 is 4.79 Å². The predicted molar refractivity (Wildman–Crippen MR) is 55.6 cm³/mol. The molecule has 1 aliphatic carbocycles. The molecule has 1 fully saturated rings. The van der Waals surface area contributed by atoms with Crippen molar-refractivity contribution in [2.24, 2.45) is 17.3 Å². The molecule has 1 heteroatoms. The highest BCUT2D eigenvalue weighted by Crippen LogP contribution is 2.48. The summed E-state index contributed by atoms with van der Waals surface area (Å²) in [4.78, 5) is 10.2. The second-order valence-corrected chi connectivity index (χ2v) is 5.09. The van der Waals surface area contributed by atoms with Gasteiger partial charge in [-0.1, -0.05) is 20.8 Å². The van der Waals surface area contributed by atoms with Crippen molar-refractivity contribution in [3.8, 4) is 0 Å². The molecule has 0 spiro atoms. The maximum absolute atomic E-state index is 10.2. The van der Waals surface area contributed by atoms with Crippen LogP contribution in [-0.4, -0.2) is 6.29 Å². The Bertz CT molecular complexity index is 172. The molecule has 2 atom stereocenters. The average Bonchev–Trinajstić information content (AvgIpc) is 2.32. The van der Waals surface area contributed by atoms with E-state index in [4.69, 9.17) is 0 Å². The van der Waals surface area contributed by atoms with Gasteiger partial charge in [0.1, 0.15) is 6.29 Å². The van der Waals surface area contributed by atoms with Crippen LogP contribution < -0.4 is 0 Å². The van der Waals surface area contributed by atoms with Gasteiger partial charge in [-0.25, -0.2) is 0 Å². The average molecular weight is 182 g/mol. The summed E-state index contributed by atoms with van der Waals surface area (Å²) < 4.78 is 0. The zero-order chi connectivity index (χ0) is 9.90. The van der Waals surface area contributed by atoms with Crippen molar-refractivity contribution in [3.63, 3.8) is 0 Å². The number of carbonyl (C=O) groups is 1. The SMILES string of the molecule is CC1CC[C@@H](CCCC=O)C1(C)C. The van der Waals surface area contributed by atoms with Crippen LogP contribution in [0.1, 0.15) is 52.9 Å². The zero-order valence-electron chi connectivity index (χ0n) is 9.18. The lowest BCUT2D eigenvalue weighted by atomic mass is 9.74. The van der Waals surface area contributed by atoms with Crippen LogP contribution in [0.3, 0.4) is 0 Å². The fraction of sp³-hybridized carbons (Fsp3) is 0.917. The van der Waals surface area contributed by atoms with Gasteiger partial charge >= 0.3 is 0 Å². The van der Waals surface area contributed by atoms with Crippen LogP contribution in [0.5, 0.6) is 0 Å². The van der Waals surface area contributed by atoms with Crippen LogP contribution in [0.4, 0.5) is 0 Å². The van der Waals surface area contributed by atoms with Crippen molar-refractivity contribution in [1.82, 2.24) is 0 Å². The lowest BCUT2D eigenvalue weighted by molar-refractivity contribution is -0.108. The quantitative estimate of drug-likeness (QED) is 0.481. The summed E-state index contributed by atoms with van der Waals surface area (Å²) in [5.74, 6) is 1.70. The Kier molecular flexibility index (Phi) is 3.52. The largest absolute Gasteiger partial charge is 0.303 e. The van der Waals surface area contributed by atoms with E-state index >= 15 is 0 Å². The fourth-order valence-corrected chi connectivity index (χ4v) is 2.56. The van der Waals surface area contributed by atoms with Crippen molar-refractivity contribution in [2.45, 2.75) is 52.9 Å². The monoisotopic (exact) mass is 182 g/mol. The Hall–Kier alpha value is -0.330. The van der Waals surface area contributed by atoms with E-state index in [0.29, 0.717) is 5.41 Å². The van der Waals surface area contributed by atoms with Crippen molar-refractivity contribution >= 4 is 6.29 Å². The summed E-state index contributed by atoms with van der Waals surface area (Å²) in [5, 5.41) is 0. The number of carbonyl (C=O) groups excluding carboxylic acids is 1. The third-order valence-corrected chi connectivity index (χ3v) is 4.15. The first-order chi connectivity index (χ1) is 6.09. The summed E-state index contributed by atoms with van der Waals surface area (Å²) in [5.41, 5.74) is 0.503. The summed E-state index contributed by atoms with van der Waals surface area (Å²) in [6.07, 6.45) is 6.87. The van der Waals surface area contributed by atoms with E-state index in [0.717, 1.165) is 31.0 Å². The third-order valence-electron chi connectivity index (χ3n) is 4.15. The van der Waals surface area contributed by atoms with Crippen LogP contribution in [0.2, 0.25) is 0 Å². The molecule has 0 N–H and O–H groups in total. The summed E-state index contributed by atoms with van der Waals surface area (Å²) in [7, 11) is 0. The predicted octanol–water partition coefficient (Wildman–Crippen LogP) is 3.43. The van der Waals surface area contributed by atoms with Crippen molar-refractivity contribution < 1.29 is 4.79 Å². The molecule has 1 saturated carbocycles. The van der Waals surface area contributed by atoms with Gasteiger partial charge in [-0.05, 0) is 42.9 Å². The highest BCUT2D eigenvalue weighted by molar-refractivity contribution is 5.48. The summed E-state index contributed by atoms with van der Waals surface area (Å²) >= 11 is 0. The number of unbranched alkanes of at least 4 members (excludes halogenated alkanes) is 1. The van der Waals surface area contributed by atoms with Gasteiger partial charge in [-0.2, -0.15) is 0 Å². The van der Waals surface area contributed by atoms with E-state index in [1.54, 1.807) is 0 Å². The minimum absolute atomic E-state index is 0.503. The molecule has 0 aromatic heterocycles. The minimum Gasteiger partial charge on any atom is -0.303 e. The van der Waals surface area contributed by atoms with Crippen molar-refractivity contribution in [2.75, 3.05) is 0 Å². The molecule has 1 rings (SSSR count). The molecule has 13 heavy (non-hydrogen) atoms. The van der Waals surface area contributed by atoms with E-state index in [1.807, 2.05) is 0 Å². The molecule has 0 heterocycles. The Morgan fingerprint density at radius 3 is 2.54 bits per heavy atom. The van der Waals surface area contributed by atoms with E-state index in [9.17, 15) is 4.79 Å². The lowest BCUT2D eigenvalue weighted by Crippen LogP contribution is -2.23. The zero-order valence-corrected chi connectivity index (χ0v) is 9.18. The smallest absolute Gasteiger partial charge is 0.119 e. The van der Waals surface area contributed by atoms with E-state index in [2.05, 4.69) is 20.8 Å². The maximum Gasteiger partial charge on any atom is 0.119 e. The Balaban J connectivity index is 2.38. The molecule has 1 nitrogen and oxygen atoms in total. The Morgan fingerprint density at radius 1 is 1.38 bits per heavy atom. The summed E-state index contributed by atoms with van der Waals surface area (Å²) in [6.45, 7) is 7.13. The van der Waals surface area contributed by atoms with Gasteiger partial charge in [-0.3, -0.25) is 0 Å². The highest BCUT2D eigenvalue weighted by atomic mass is 16.1. The molecule has 1 unspecified atom stereocenters. The molecule has 76 valence electrons. The molecule has 1 aliphatic rings. The van der Waals surface area contributed by atoms with E-state index in [-0.39, 0.29) is 0 Å². The second-order valence-electron chi connectivity index (χ2n) is 5.09. The van der Waals surface area contributed by atoms with Crippen molar-refractivity contribution in [1.29, 1.82) is 0 Å². The normalized spacial score (nSPS) is 31.9. The molecule has 0 aromatic carbocycles. The Labute approximate surface area is 81.9 Å². The van der Waals surface area contributed by atoms with Crippen LogP contribution >= 0.6 is 0 Å². The standard InChI is InChI=1S/C12H22O/c1-10-7-8-11(12(10,2)3)6-4-5-9-13/h9-11H,4-8H2,1-3H3/t10?,11-/m1/s1. The third kappa shape index (κ3) is 2.32. The van der Waals surface area contributed by atoms with Gasteiger partial charge in [0.05, 0.1) is 0 Å². The fourth-order valence-electron chi connectivity index (χ4n) is 2.56. The number of aldehydes is 1. The van der Waals surface area contributed by atoms with Crippen molar-refractivity contribution in [3.05, 3.63) is 0 Å². The molecule has 0 aliphatic heterocycles. The van der Waals surface area contributed by atoms with Crippen LogP contribution in [0, 0.1) is 17.3 Å². The molecular weight excluding hydrogens is 160 g/mol. The topological polar surface area (TPSA) is 17.1 Å². The molecule has 0 bridgehead atoms. The molecule has 0 aromatic rings. The summed E-state index contributed by atoms with van der Waals surface area (Å²) in [6, 6.07) is 0. The van der Waals surface area contributed by atoms with E-state index in [1.165, 1.54) is 19.3 Å².